The minimum Gasteiger partial charge on any atom is -0.368 e. The molecular formula is C52H62ClF2N13O. The van der Waals surface area contributed by atoms with Crippen LogP contribution in [0.3, 0.4) is 0 Å². The Morgan fingerprint density at radius 2 is 1.70 bits per heavy atom. The van der Waals surface area contributed by atoms with Crippen LogP contribution in [0, 0.1) is 16.7 Å². The first-order valence-corrected chi connectivity index (χ1v) is 25.4. The number of likely N-dealkylation sites (tertiary alicyclic amines) is 1. The Bertz CT molecular complexity index is 2750. The number of benzene rings is 2. The maximum absolute atomic E-state index is 14.8. The average molecular weight is 959 g/mol. The maximum Gasteiger partial charge on any atom is 0.264 e. The zero-order chi connectivity index (χ0) is 47.6. The third-order valence-electron chi connectivity index (χ3n) is 16.4. The van der Waals surface area contributed by atoms with Crippen molar-refractivity contribution in [2.24, 2.45) is 12.5 Å². The lowest BCUT2D eigenvalue weighted by Crippen LogP contribution is -2.51. The largest absolute Gasteiger partial charge is 0.368 e. The van der Waals surface area contributed by atoms with E-state index in [0.29, 0.717) is 53.4 Å². The molecule has 11 rings (SSSR count). The molecule has 6 aliphatic heterocycles. The van der Waals surface area contributed by atoms with Gasteiger partial charge >= 0.3 is 0 Å². The lowest BCUT2D eigenvalue weighted by atomic mass is 9.77. The smallest absolute Gasteiger partial charge is 0.264 e. The second-order valence-electron chi connectivity index (χ2n) is 20.6. The van der Waals surface area contributed by atoms with Gasteiger partial charge < -0.3 is 24.5 Å². The number of nitrogens with zero attached hydrogens (tertiary/aromatic N) is 13. The lowest BCUT2D eigenvalue weighted by Gasteiger charge is -2.43. The van der Waals surface area contributed by atoms with Gasteiger partial charge in [0.2, 0.25) is 5.91 Å². The van der Waals surface area contributed by atoms with Gasteiger partial charge in [-0.3, -0.25) is 19.1 Å². The molecule has 0 N–H and O–H groups in total. The highest BCUT2D eigenvalue weighted by Crippen LogP contribution is 2.47. The van der Waals surface area contributed by atoms with E-state index in [4.69, 9.17) is 26.9 Å². The van der Waals surface area contributed by atoms with Crippen LogP contribution in [0.5, 0.6) is 0 Å². The number of carbonyl (C=O) groups is 1. The summed E-state index contributed by atoms with van der Waals surface area (Å²) in [6, 6.07) is 16.9. The minimum atomic E-state index is -2.65. The Morgan fingerprint density at radius 1 is 0.913 bits per heavy atom. The van der Waals surface area contributed by atoms with Gasteiger partial charge in [0.1, 0.15) is 6.07 Å². The number of hydrogen-bond donors (Lipinski definition) is 0. The van der Waals surface area contributed by atoms with Crippen LogP contribution >= 0.6 is 11.6 Å². The first-order valence-electron chi connectivity index (χ1n) is 25.1. The summed E-state index contributed by atoms with van der Waals surface area (Å²) < 4.78 is 33.5. The fourth-order valence-corrected chi connectivity index (χ4v) is 12.9. The quantitative estimate of drug-likeness (QED) is 0.149. The van der Waals surface area contributed by atoms with Gasteiger partial charge in [0.05, 0.1) is 29.4 Å². The Hall–Kier alpha value is -5.79. The highest BCUT2D eigenvalue weighted by atomic mass is 35.5. The van der Waals surface area contributed by atoms with Crippen molar-refractivity contribution >= 4 is 46.3 Å². The third-order valence-corrected chi connectivity index (χ3v) is 16.7. The zero-order valence-corrected chi connectivity index (χ0v) is 40.8. The Kier molecular flexibility index (Phi) is 12.2. The Balaban J connectivity index is 0.741. The summed E-state index contributed by atoms with van der Waals surface area (Å²) in [6.45, 7) is 12.4. The van der Waals surface area contributed by atoms with Crippen molar-refractivity contribution in [1.82, 2.24) is 39.6 Å². The van der Waals surface area contributed by atoms with Crippen LogP contribution in [0.1, 0.15) is 106 Å². The highest BCUT2D eigenvalue weighted by Gasteiger charge is 2.45. The second-order valence-corrected chi connectivity index (χ2v) is 21.0. The van der Waals surface area contributed by atoms with Gasteiger partial charge in [-0.25, -0.2) is 8.78 Å². The first kappa shape index (κ1) is 45.6. The van der Waals surface area contributed by atoms with Crippen molar-refractivity contribution in [3.8, 4) is 17.2 Å². The Labute approximate surface area is 408 Å². The standard InChI is InChI=1S/C52H62ClF2N13O/c1-34-27-52(33-67(34)40-9-8-37(28-56)45(53)25-40)15-22-63(23-16-52)48-10-11-49(59-58-48)65-17-5-7-41(31-65)62-19-12-39(13-20-62)68-46-14-21-64(35(2)69)32-44(46)51(60-68)66-18-4-6-36-24-42(38-29-57-61(3)30-38)43(50(54)55)26-47(36)66/h8-11,24-26,29-30,34,39,41,50H,4-7,12-23,27,31-33H2,1-3H3/t34-,41+/m0/s1. The predicted molar refractivity (Wildman–Crippen MR) is 265 cm³/mol. The summed E-state index contributed by atoms with van der Waals surface area (Å²) in [4.78, 5) is 26.7. The van der Waals surface area contributed by atoms with Crippen LogP contribution in [0.4, 0.5) is 37.6 Å². The number of aromatic nitrogens is 6. The van der Waals surface area contributed by atoms with Crippen LogP contribution in [-0.4, -0.2) is 116 Å². The van der Waals surface area contributed by atoms with Crippen molar-refractivity contribution < 1.29 is 13.6 Å². The van der Waals surface area contributed by atoms with Gasteiger partial charge in [0, 0.05) is 131 Å². The number of carbonyl (C=O) groups excluding carboxylic acids is 1. The van der Waals surface area contributed by atoms with Gasteiger partial charge in [0.15, 0.2) is 17.5 Å². The number of hydrogen-bond acceptors (Lipinski definition) is 11. The molecule has 17 heteroatoms. The van der Waals surface area contributed by atoms with E-state index in [0.717, 1.165) is 150 Å². The molecule has 4 saturated heterocycles. The zero-order valence-electron chi connectivity index (χ0n) is 40.0. The van der Waals surface area contributed by atoms with E-state index in [-0.39, 0.29) is 22.9 Å². The van der Waals surface area contributed by atoms with E-state index >= 15 is 0 Å². The number of alkyl halides is 2. The van der Waals surface area contributed by atoms with Gasteiger partial charge in [-0.05, 0) is 124 Å². The molecule has 0 bridgehead atoms. The molecule has 5 aromatic rings. The van der Waals surface area contributed by atoms with Crippen LogP contribution < -0.4 is 19.6 Å². The molecule has 0 radical (unpaired) electrons. The summed E-state index contributed by atoms with van der Waals surface area (Å²) in [5, 5.41) is 29.2. The Morgan fingerprint density at radius 3 is 2.39 bits per heavy atom. The van der Waals surface area contributed by atoms with Gasteiger partial charge in [0.25, 0.3) is 6.43 Å². The molecule has 3 aromatic heterocycles. The van der Waals surface area contributed by atoms with E-state index in [1.54, 1.807) is 37.1 Å². The normalized spacial score (nSPS) is 22.1. The van der Waals surface area contributed by atoms with Crippen molar-refractivity contribution in [1.29, 1.82) is 5.26 Å². The van der Waals surface area contributed by atoms with Crippen molar-refractivity contribution in [2.45, 2.75) is 109 Å². The van der Waals surface area contributed by atoms with Gasteiger partial charge in [-0.15, -0.1) is 10.2 Å². The third kappa shape index (κ3) is 8.68. The highest BCUT2D eigenvalue weighted by molar-refractivity contribution is 6.32. The number of aryl methyl sites for hydroxylation is 2. The van der Waals surface area contributed by atoms with Crippen molar-refractivity contribution in [3.05, 3.63) is 87.8 Å². The summed E-state index contributed by atoms with van der Waals surface area (Å²) in [6.07, 6.45) is 10.7. The molecule has 0 saturated carbocycles. The van der Waals surface area contributed by atoms with Gasteiger partial charge in [-0.2, -0.15) is 15.5 Å². The molecule has 0 aliphatic carbocycles. The summed E-state index contributed by atoms with van der Waals surface area (Å²) >= 11 is 6.43. The summed E-state index contributed by atoms with van der Waals surface area (Å²) in [7, 11) is 1.80. The molecule has 6 aliphatic rings. The second kappa shape index (κ2) is 18.5. The molecular weight excluding hydrogens is 896 g/mol. The fourth-order valence-electron chi connectivity index (χ4n) is 12.7. The van der Waals surface area contributed by atoms with E-state index in [1.165, 1.54) is 5.69 Å². The molecule has 4 fully saturated rings. The van der Waals surface area contributed by atoms with E-state index < -0.39 is 6.43 Å². The fraction of sp³-hybridized carbons (Fsp3) is 0.538. The summed E-state index contributed by atoms with van der Waals surface area (Å²) in [5.74, 6) is 2.72. The first-order chi connectivity index (χ1) is 33.4. The molecule has 1 spiro atoms. The van der Waals surface area contributed by atoms with Gasteiger partial charge in [-0.1, -0.05) is 11.6 Å². The topological polar surface area (TPSA) is 122 Å². The number of amides is 1. The number of piperidine rings is 3. The molecule has 9 heterocycles. The number of anilines is 5. The number of halogens is 3. The van der Waals surface area contributed by atoms with Crippen molar-refractivity contribution in [2.75, 3.05) is 78.5 Å². The monoisotopic (exact) mass is 957 g/mol. The molecule has 0 unspecified atom stereocenters. The number of fused-ring (bicyclic) bond motifs is 2. The molecule has 362 valence electrons. The molecule has 2 atom stereocenters. The molecule has 1 amide bonds. The molecule has 14 nitrogen and oxygen atoms in total. The minimum absolute atomic E-state index is 0.00283. The van der Waals surface area contributed by atoms with Crippen LogP contribution in [-0.2, 0) is 31.2 Å². The lowest BCUT2D eigenvalue weighted by molar-refractivity contribution is -0.129. The molecule has 2 aromatic carbocycles. The number of nitriles is 1. The average Bonchev–Trinajstić information content (AvgIpc) is 4.08. The predicted octanol–water partition coefficient (Wildman–Crippen LogP) is 8.72. The van der Waals surface area contributed by atoms with Crippen LogP contribution in [0.25, 0.3) is 11.1 Å². The van der Waals surface area contributed by atoms with E-state index in [2.05, 4.69) is 59.4 Å². The van der Waals surface area contributed by atoms with E-state index in [1.807, 2.05) is 29.2 Å². The van der Waals surface area contributed by atoms with Crippen LogP contribution in [0.15, 0.2) is 54.9 Å². The molecule has 69 heavy (non-hydrogen) atoms. The SMILES string of the molecule is CC(=O)N1CCc2c(c(N3CCCc4cc(-c5cnn(C)c5)c(C(F)F)cc43)nn2C2CCN([C@@H]3CCCN(c4ccc(N5CCC6(CC5)C[C@H](C)N(c5ccc(C#N)c(Cl)c5)C6)nn4)C3)CC2)C1. The van der Waals surface area contributed by atoms with Crippen molar-refractivity contribution in [3.63, 3.8) is 0 Å². The summed E-state index contributed by atoms with van der Waals surface area (Å²) in [5.41, 5.74) is 7.09. The van der Waals surface area contributed by atoms with E-state index in [9.17, 15) is 18.8 Å². The van der Waals surface area contributed by atoms with Crippen LogP contribution in [0.2, 0.25) is 5.02 Å². The number of rotatable bonds is 8. The maximum atomic E-state index is 14.8.